The molecule has 0 aliphatic rings. The zero-order valence-corrected chi connectivity index (χ0v) is 11.6. The van der Waals surface area contributed by atoms with Crippen molar-refractivity contribution < 1.29 is 19.0 Å². The summed E-state index contributed by atoms with van der Waals surface area (Å²) in [5.41, 5.74) is 1.33. The molecule has 108 valence electrons. The molecule has 5 heteroatoms. The van der Waals surface area contributed by atoms with Crippen molar-refractivity contribution in [1.29, 1.82) is 0 Å². The van der Waals surface area contributed by atoms with Crippen molar-refractivity contribution in [2.75, 3.05) is 45.4 Å². The van der Waals surface area contributed by atoms with Crippen LogP contribution in [0.5, 0.6) is 0 Å². The van der Waals surface area contributed by atoms with E-state index in [1.54, 1.807) is 20.3 Å². The highest BCUT2D eigenvalue weighted by Gasteiger charge is 2.09. The van der Waals surface area contributed by atoms with E-state index in [1.807, 2.05) is 4.90 Å². The van der Waals surface area contributed by atoms with Crippen LogP contribution in [0.25, 0.3) is 0 Å². The molecule has 0 amide bonds. The van der Waals surface area contributed by atoms with Gasteiger partial charge in [0.05, 0.1) is 13.2 Å². The minimum atomic E-state index is -0.337. The van der Waals surface area contributed by atoms with E-state index in [0.29, 0.717) is 25.3 Å². The highest BCUT2D eigenvalue weighted by Crippen LogP contribution is 2.19. The van der Waals surface area contributed by atoms with Crippen LogP contribution in [0.1, 0.15) is 12.0 Å². The number of rotatable bonds is 9. The van der Waals surface area contributed by atoms with Gasteiger partial charge in [0, 0.05) is 39.6 Å². The third-order valence-electron chi connectivity index (χ3n) is 2.83. The molecule has 0 aromatic heterocycles. The van der Waals surface area contributed by atoms with Gasteiger partial charge in [-0.15, -0.1) is 0 Å². The van der Waals surface area contributed by atoms with Crippen molar-refractivity contribution in [2.24, 2.45) is 0 Å². The Morgan fingerprint density at radius 1 is 1.11 bits per heavy atom. The maximum Gasteiger partial charge on any atom is 0.125 e. The topological polar surface area (TPSA) is 41.9 Å². The van der Waals surface area contributed by atoms with Crippen LogP contribution in [0.15, 0.2) is 18.2 Å². The summed E-state index contributed by atoms with van der Waals surface area (Å²) in [4.78, 5) is 2.03. The molecule has 0 saturated heterocycles. The average Bonchev–Trinajstić information content (AvgIpc) is 2.42. The molecule has 0 atom stereocenters. The molecule has 0 spiro atoms. The number of aliphatic hydroxyl groups excluding tert-OH is 1. The van der Waals surface area contributed by atoms with E-state index in [1.165, 1.54) is 12.1 Å². The first kappa shape index (κ1) is 15.9. The van der Waals surface area contributed by atoms with E-state index in [9.17, 15) is 4.39 Å². The lowest BCUT2D eigenvalue weighted by Gasteiger charge is -2.25. The van der Waals surface area contributed by atoms with E-state index in [2.05, 4.69) is 0 Å². The van der Waals surface area contributed by atoms with Crippen molar-refractivity contribution in [3.8, 4) is 0 Å². The van der Waals surface area contributed by atoms with Gasteiger partial charge < -0.3 is 19.5 Å². The standard InChI is InChI=1S/C14H22FNO3/c1-18-6-3-4-16(5-7-19-2)14-9-12(11-17)8-13(15)10-14/h8-10,17H,3-7,11H2,1-2H3. The molecule has 0 fully saturated rings. The monoisotopic (exact) mass is 271 g/mol. The molecule has 0 aliphatic carbocycles. The number of halogens is 1. The summed E-state index contributed by atoms with van der Waals surface area (Å²) in [5, 5.41) is 9.13. The number of hydrogen-bond donors (Lipinski definition) is 1. The zero-order valence-electron chi connectivity index (χ0n) is 11.6. The quantitative estimate of drug-likeness (QED) is 0.696. The summed E-state index contributed by atoms with van der Waals surface area (Å²) in [6, 6.07) is 4.61. The molecule has 1 rings (SSSR count). The van der Waals surface area contributed by atoms with Gasteiger partial charge in [-0.25, -0.2) is 4.39 Å². The summed E-state index contributed by atoms with van der Waals surface area (Å²) in [5.74, 6) is -0.337. The van der Waals surface area contributed by atoms with Crippen LogP contribution in [0.4, 0.5) is 10.1 Å². The van der Waals surface area contributed by atoms with Crippen LogP contribution >= 0.6 is 0 Å². The number of anilines is 1. The molecule has 1 aromatic rings. The fraction of sp³-hybridized carbons (Fsp3) is 0.571. The van der Waals surface area contributed by atoms with Crippen molar-refractivity contribution in [2.45, 2.75) is 13.0 Å². The van der Waals surface area contributed by atoms with Gasteiger partial charge in [0.25, 0.3) is 0 Å². The summed E-state index contributed by atoms with van der Waals surface area (Å²) in [7, 11) is 3.30. The lowest BCUT2D eigenvalue weighted by Crippen LogP contribution is -2.29. The Balaban J connectivity index is 2.79. The predicted molar refractivity (Wildman–Crippen MR) is 72.9 cm³/mol. The molecule has 0 radical (unpaired) electrons. The first-order valence-corrected chi connectivity index (χ1v) is 6.34. The van der Waals surface area contributed by atoms with E-state index in [4.69, 9.17) is 14.6 Å². The van der Waals surface area contributed by atoms with Gasteiger partial charge in [-0.1, -0.05) is 0 Å². The van der Waals surface area contributed by atoms with Gasteiger partial charge in [0.1, 0.15) is 5.82 Å². The second-order valence-electron chi connectivity index (χ2n) is 4.30. The number of methoxy groups -OCH3 is 2. The second-order valence-corrected chi connectivity index (χ2v) is 4.30. The largest absolute Gasteiger partial charge is 0.392 e. The van der Waals surface area contributed by atoms with Gasteiger partial charge in [0.15, 0.2) is 0 Å². The summed E-state index contributed by atoms with van der Waals surface area (Å²) >= 11 is 0. The molecule has 19 heavy (non-hydrogen) atoms. The van der Waals surface area contributed by atoms with Gasteiger partial charge in [-0.2, -0.15) is 0 Å². The van der Waals surface area contributed by atoms with Crippen molar-refractivity contribution in [1.82, 2.24) is 0 Å². The smallest absolute Gasteiger partial charge is 0.125 e. The lowest BCUT2D eigenvalue weighted by atomic mass is 10.2. The Morgan fingerprint density at radius 2 is 1.84 bits per heavy atom. The second kappa shape index (κ2) is 8.85. The molecule has 0 aliphatic heterocycles. The van der Waals surface area contributed by atoms with E-state index in [0.717, 1.165) is 18.7 Å². The molecule has 0 heterocycles. The van der Waals surface area contributed by atoms with Crippen LogP contribution in [0.2, 0.25) is 0 Å². The van der Waals surface area contributed by atoms with Gasteiger partial charge in [0.2, 0.25) is 0 Å². The van der Waals surface area contributed by atoms with Crippen LogP contribution in [0.3, 0.4) is 0 Å². The number of ether oxygens (including phenoxy) is 2. The third kappa shape index (κ3) is 5.55. The maximum atomic E-state index is 13.5. The Kier molecular flexibility index (Phi) is 7.40. The predicted octanol–water partition coefficient (Wildman–Crippen LogP) is 1.81. The summed E-state index contributed by atoms with van der Waals surface area (Å²) in [6.07, 6.45) is 0.852. The van der Waals surface area contributed by atoms with Crippen LogP contribution in [-0.2, 0) is 16.1 Å². The Bertz CT molecular complexity index is 374. The van der Waals surface area contributed by atoms with Gasteiger partial charge >= 0.3 is 0 Å². The molecule has 1 aromatic carbocycles. The van der Waals surface area contributed by atoms with Crippen LogP contribution in [-0.4, -0.2) is 45.6 Å². The van der Waals surface area contributed by atoms with Gasteiger partial charge in [-0.05, 0) is 30.2 Å². The molecule has 1 N–H and O–H groups in total. The molecule has 4 nitrogen and oxygen atoms in total. The molecule has 0 bridgehead atoms. The minimum Gasteiger partial charge on any atom is -0.392 e. The zero-order chi connectivity index (χ0) is 14.1. The number of aliphatic hydroxyl groups is 1. The van der Waals surface area contributed by atoms with Crippen molar-refractivity contribution in [3.63, 3.8) is 0 Å². The minimum absolute atomic E-state index is 0.166. The first-order valence-electron chi connectivity index (χ1n) is 6.34. The fourth-order valence-corrected chi connectivity index (χ4v) is 1.88. The number of hydrogen-bond acceptors (Lipinski definition) is 4. The Labute approximate surface area is 113 Å². The maximum absolute atomic E-state index is 13.5. The van der Waals surface area contributed by atoms with E-state index >= 15 is 0 Å². The van der Waals surface area contributed by atoms with Gasteiger partial charge in [-0.3, -0.25) is 0 Å². The molecular weight excluding hydrogens is 249 g/mol. The normalized spacial score (nSPS) is 10.7. The molecular formula is C14H22FNO3. The average molecular weight is 271 g/mol. The van der Waals surface area contributed by atoms with Crippen molar-refractivity contribution >= 4 is 5.69 Å². The van der Waals surface area contributed by atoms with E-state index < -0.39 is 0 Å². The van der Waals surface area contributed by atoms with E-state index in [-0.39, 0.29) is 12.4 Å². The Hall–Kier alpha value is -1.17. The summed E-state index contributed by atoms with van der Waals surface area (Å²) < 4.78 is 23.6. The Morgan fingerprint density at radius 3 is 2.47 bits per heavy atom. The van der Waals surface area contributed by atoms with Crippen LogP contribution < -0.4 is 4.90 Å². The highest BCUT2D eigenvalue weighted by molar-refractivity contribution is 5.49. The molecule has 0 unspecified atom stereocenters. The third-order valence-corrected chi connectivity index (χ3v) is 2.83. The first-order chi connectivity index (χ1) is 9.21. The highest BCUT2D eigenvalue weighted by atomic mass is 19.1. The van der Waals surface area contributed by atoms with Crippen molar-refractivity contribution in [3.05, 3.63) is 29.6 Å². The lowest BCUT2D eigenvalue weighted by molar-refractivity contribution is 0.191. The van der Waals surface area contributed by atoms with Crippen LogP contribution in [0, 0.1) is 5.82 Å². The number of nitrogens with zero attached hydrogens (tertiary/aromatic N) is 1. The number of benzene rings is 1. The fourth-order valence-electron chi connectivity index (χ4n) is 1.88. The SMILES string of the molecule is COCCCN(CCOC)c1cc(F)cc(CO)c1. The summed E-state index contributed by atoms with van der Waals surface area (Å²) in [6.45, 7) is 2.49. The molecule has 0 saturated carbocycles.